The van der Waals surface area contributed by atoms with E-state index in [2.05, 4.69) is 9.97 Å². The van der Waals surface area contributed by atoms with Crippen molar-refractivity contribution in [2.45, 2.75) is 45.6 Å². The lowest BCUT2D eigenvalue weighted by molar-refractivity contribution is 0.0687. The Hall–Kier alpha value is -1.16. The predicted molar refractivity (Wildman–Crippen MR) is 70.7 cm³/mol. The average molecular weight is 268 g/mol. The molecule has 1 aliphatic rings. The van der Waals surface area contributed by atoms with Crippen LogP contribution in [0.4, 0.5) is 0 Å². The van der Waals surface area contributed by atoms with Gasteiger partial charge in [-0.2, -0.15) is 0 Å². The maximum absolute atomic E-state index is 12.4. The Morgan fingerprint density at radius 2 is 2.11 bits per heavy atom. The van der Waals surface area contributed by atoms with Gasteiger partial charge in [0.1, 0.15) is 5.69 Å². The lowest BCUT2D eigenvalue weighted by Crippen LogP contribution is -2.39. The zero-order valence-electron chi connectivity index (χ0n) is 10.8. The Morgan fingerprint density at radius 3 is 2.67 bits per heavy atom. The normalized spacial score (nSPS) is 15.9. The summed E-state index contributed by atoms with van der Waals surface area (Å²) >= 11 is 5.81. The molecule has 0 N–H and O–H groups in total. The number of amides is 1. The fourth-order valence-electron chi connectivity index (χ4n) is 2.57. The monoisotopic (exact) mass is 267 g/mol. The van der Waals surface area contributed by atoms with Crippen molar-refractivity contribution in [3.8, 4) is 0 Å². The first-order valence-corrected chi connectivity index (χ1v) is 6.81. The first-order valence-electron chi connectivity index (χ1n) is 6.44. The van der Waals surface area contributed by atoms with E-state index >= 15 is 0 Å². The molecule has 0 spiro atoms. The fraction of sp³-hybridized carbons (Fsp3) is 0.615. The number of halogens is 1. The van der Waals surface area contributed by atoms with Gasteiger partial charge in [-0.3, -0.25) is 4.79 Å². The second kappa shape index (κ2) is 5.65. The van der Waals surface area contributed by atoms with Gasteiger partial charge in [0.25, 0.3) is 5.91 Å². The molecule has 2 rings (SSSR count). The van der Waals surface area contributed by atoms with Gasteiger partial charge in [-0.1, -0.05) is 12.8 Å². The molecule has 0 atom stereocenters. The summed E-state index contributed by atoms with van der Waals surface area (Å²) in [6.45, 7) is 4.53. The zero-order valence-corrected chi connectivity index (χ0v) is 11.6. The molecule has 0 unspecified atom stereocenters. The van der Waals surface area contributed by atoms with Crippen molar-refractivity contribution in [3.63, 3.8) is 0 Å². The highest BCUT2D eigenvalue weighted by Crippen LogP contribution is 2.24. The number of nitrogens with zero attached hydrogens (tertiary/aromatic N) is 3. The third kappa shape index (κ3) is 2.80. The van der Waals surface area contributed by atoms with Crippen LogP contribution in [0.1, 0.15) is 48.8 Å². The lowest BCUT2D eigenvalue weighted by atomic mass is 10.2. The van der Waals surface area contributed by atoms with Crippen molar-refractivity contribution < 1.29 is 4.79 Å². The van der Waals surface area contributed by atoms with Gasteiger partial charge < -0.3 is 4.90 Å². The fourth-order valence-corrected chi connectivity index (χ4v) is 2.80. The molecule has 98 valence electrons. The van der Waals surface area contributed by atoms with Crippen LogP contribution in [0.5, 0.6) is 0 Å². The van der Waals surface area contributed by atoms with Crippen LogP contribution in [-0.4, -0.2) is 33.4 Å². The summed E-state index contributed by atoms with van der Waals surface area (Å²) in [6.07, 6.45) is 4.60. The van der Waals surface area contributed by atoms with E-state index in [9.17, 15) is 4.79 Å². The summed E-state index contributed by atoms with van der Waals surface area (Å²) in [4.78, 5) is 22.4. The molecule has 0 saturated heterocycles. The van der Waals surface area contributed by atoms with Crippen LogP contribution in [0.2, 0.25) is 5.28 Å². The third-order valence-corrected chi connectivity index (χ3v) is 3.58. The molecule has 5 heteroatoms. The molecular formula is C13H18ClN3O. The van der Waals surface area contributed by atoms with Crippen LogP contribution in [0, 0.1) is 6.92 Å². The molecule has 18 heavy (non-hydrogen) atoms. The second-order valence-electron chi connectivity index (χ2n) is 4.69. The van der Waals surface area contributed by atoms with E-state index in [4.69, 9.17) is 11.6 Å². The van der Waals surface area contributed by atoms with Gasteiger partial charge in [0.2, 0.25) is 5.28 Å². The maximum Gasteiger partial charge on any atom is 0.272 e. The highest BCUT2D eigenvalue weighted by molar-refractivity contribution is 6.28. The number of hydrogen-bond donors (Lipinski definition) is 0. The van der Waals surface area contributed by atoms with Gasteiger partial charge in [0.15, 0.2) is 0 Å². The lowest BCUT2D eigenvalue weighted by Gasteiger charge is -2.27. The summed E-state index contributed by atoms with van der Waals surface area (Å²) in [5, 5.41) is 0.140. The molecule has 0 aromatic carbocycles. The highest BCUT2D eigenvalue weighted by atomic mass is 35.5. The number of carbonyl (C=O) groups is 1. The van der Waals surface area contributed by atoms with Crippen LogP contribution >= 0.6 is 11.6 Å². The summed E-state index contributed by atoms with van der Waals surface area (Å²) < 4.78 is 0. The molecule has 1 heterocycles. The Labute approximate surface area is 112 Å². The summed E-state index contributed by atoms with van der Waals surface area (Å²) in [7, 11) is 0. The Bertz CT molecular complexity index is 424. The Balaban J connectivity index is 2.22. The van der Waals surface area contributed by atoms with E-state index in [0.717, 1.165) is 18.5 Å². The first kappa shape index (κ1) is 13.3. The molecule has 1 aromatic rings. The molecule has 0 bridgehead atoms. The van der Waals surface area contributed by atoms with E-state index in [1.54, 1.807) is 6.07 Å². The van der Waals surface area contributed by atoms with Crippen LogP contribution < -0.4 is 0 Å². The summed E-state index contributed by atoms with van der Waals surface area (Å²) in [5.41, 5.74) is 1.13. The predicted octanol–water partition coefficient (Wildman–Crippen LogP) is 2.84. The van der Waals surface area contributed by atoms with Crippen molar-refractivity contribution >= 4 is 17.5 Å². The molecular weight excluding hydrogens is 250 g/mol. The SMILES string of the molecule is CCN(C(=O)c1cc(C)nc(Cl)n1)C1CCCC1. The highest BCUT2D eigenvalue weighted by Gasteiger charge is 2.27. The molecule has 1 aromatic heterocycles. The smallest absolute Gasteiger partial charge is 0.272 e. The minimum atomic E-state index is -0.0307. The van der Waals surface area contributed by atoms with Crippen LogP contribution in [0.3, 0.4) is 0 Å². The van der Waals surface area contributed by atoms with E-state index in [-0.39, 0.29) is 11.2 Å². The molecule has 0 radical (unpaired) electrons. The Morgan fingerprint density at radius 1 is 1.44 bits per heavy atom. The summed E-state index contributed by atoms with van der Waals surface area (Å²) in [6, 6.07) is 2.06. The molecule has 1 saturated carbocycles. The second-order valence-corrected chi connectivity index (χ2v) is 5.03. The van der Waals surface area contributed by atoms with Crippen LogP contribution in [0.15, 0.2) is 6.07 Å². The van der Waals surface area contributed by atoms with Gasteiger partial charge in [-0.25, -0.2) is 9.97 Å². The zero-order chi connectivity index (χ0) is 13.1. The van der Waals surface area contributed by atoms with Gasteiger partial charge in [-0.05, 0) is 44.4 Å². The third-order valence-electron chi connectivity index (χ3n) is 3.41. The number of hydrogen-bond acceptors (Lipinski definition) is 3. The molecule has 1 amide bonds. The van der Waals surface area contributed by atoms with E-state index in [1.807, 2.05) is 18.7 Å². The maximum atomic E-state index is 12.4. The molecule has 1 aliphatic carbocycles. The first-order chi connectivity index (χ1) is 8.61. The molecule has 1 fully saturated rings. The van der Waals surface area contributed by atoms with E-state index in [1.165, 1.54) is 12.8 Å². The number of carbonyl (C=O) groups excluding carboxylic acids is 1. The van der Waals surface area contributed by atoms with Gasteiger partial charge in [0, 0.05) is 18.3 Å². The van der Waals surface area contributed by atoms with E-state index in [0.29, 0.717) is 18.3 Å². The number of aryl methyl sites for hydroxylation is 1. The van der Waals surface area contributed by atoms with Crippen LogP contribution in [-0.2, 0) is 0 Å². The average Bonchev–Trinajstić information content (AvgIpc) is 2.82. The van der Waals surface area contributed by atoms with Crippen molar-refractivity contribution in [3.05, 3.63) is 22.7 Å². The standard InChI is InChI=1S/C13H18ClN3O/c1-3-17(10-6-4-5-7-10)12(18)11-8-9(2)15-13(14)16-11/h8,10H,3-7H2,1-2H3. The number of aromatic nitrogens is 2. The van der Waals surface area contributed by atoms with Crippen molar-refractivity contribution in [1.82, 2.24) is 14.9 Å². The quantitative estimate of drug-likeness (QED) is 0.791. The van der Waals surface area contributed by atoms with Crippen LogP contribution in [0.25, 0.3) is 0 Å². The summed E-state index contributed by atoms with van der Waals surface area (Å²) in [5.74, 6) is -0.0307. The minimum absolute atomic E-state index is 0.0307. The molecule has 0 aliphatic heterocycles. The molecule has 4 nitrogen and oxygen atoms in total. The minimum Gasteiger partial charge on any atom is -0.335 e. The van der Waals surface area contributed by atoms with Gasteiger partial charge in [-0.15, -0.1) is 0 Å². The topological polar surface area (TPSA) is 46.1 Å². The van der Waals surface area contributed by atoms with Gasteiger partial charge in [0.05, 0.1) is 0 Å². The van der Waals surface area contributed by atoms with Crippen molar-refractivity contribution in [2.75, 3.05) is 6.54 Å². The van der Waals surface area contributed by atoms with Crippen molar-refractivity contribution in [2.24, 2.45) is 0 Å². The van der Waals surface area contributed by atoms with E-state index < -0.39 is 0 Å². The number of rotatable bonds is 3. The Kier molecular flexibility index (Phi) is 4.17. The largest absolute Gasteiger partial charge is 0.335 e. The van der Waals surface area contributed by atoms with Gasteiger partial charge >= 0.3 is 0 Å². The van der Waals surface area contributed by atoms with Crippen molar-refractivity contribution in [1.29, 1.82) is 0 Å².